The van der Waals surface area contributed by atoms with Crippen LogP contribution in [0.25, 0.3) is 0 Å². The second-order valence-corrected chi connectivity index (χ2v) is 0.462. The minimum absolute atomic E-state index is 0.236. The van der Waals surface area contributed by atoms with Gasteiger partial charge in [0.05, 0.1) is 0 Å². The van der Waals surface area contributed by atoms with Gasteiger partial charge in [-0.1, -0.05) is 0 Å². The summed E-state index contributed by atoms with van der Waals surface area (Å²) in [5.74, 6) is 0. The Morgan fingerprint density at radius 3 is 2.60 bits per heavy atom. The Morgan fingerprint density at radius 2 is 2.60 bits per heavy atom. The van der Waals surface area contributed by atoms with Crippen LogP contribution in [-0.4, -0.2) is 18.2 Å². The molecule has 0 fully saturated rings. The van der Waals surface area contributed by atoms with Crippen LogP contribution in [-0.2, 0) is 9.68 Å². The summed E-state index contributed by atoms with van der Waals surface area (Å²) in [4.78, 5) is 12.4. The lowest BCUT2D eigenvalue weighted by Crippen LogP contribution is -1.85. The van der Waals surface area contributed by atoms with Gasteiger partial charge in [-0.2, -0.15) is 0 Å². The van der Waals surface area contributed by atoms with E-state index in [9.17, 15) is 0 Å². The summed E-state index contributed by atoms with van der Waals surface area (Å²) in [6.07, 6.45) is 0.458. The summed E-state index contributed by atoms with van der Waals surface area (Å²) >= 11 is 0. The van der Waals surface area contributed by atoms with Crippen LogP contribution in [0.15, 0.2) is 0 Å². The lowest BCUT2D eigenvalue weighted by molar-refractivity contribution is -0.234. The third-order valence-electron chi connectivity index (χ3n) is 0.143. The average molecular weight is 76.1 g/mol. The summed E-state index contributed by atoms with van der Waals surface area (Å²) in [6.45, 7) is -0.236. The first-order valence-electron chi connectivity index (χ1n) is 1.12. The topological polar surface area (TPSA) is 46.5 Å². The fourth-order valence-corrected chi connectivity index (χ4v) is 0.0304. The van der Waals surface area contributed by atoms with Crippen molar-refractivity contribution in [3.8, 4) is 0 Å². The first kappa shape index (κ1) is 4.59. The maximum atomic E-state index is 9.12. The van der Waals surface area contributed by atoms with E-state index in [-0.39, 0.29) is 6.61 Å². The van der Waals surface area contributed by atoms with Crippen LogP contribution in [0.2, 0.25) is 0 Å². The van der Waals surface area contributed by atoms with Crippen LogP contribution >= 0.6 is 0 Å². The van der Waals surface area contributed by atoms with Crippen LogP contribution < -0.4 is 0 Å². The van der Waals surface area contributed by atoms with Gasteiger partial charge in [0, 0.05) is 0 Å². The minimum Gasteiger partial charge on any atom is -0.301 e. The average Bonchev–Trinajstić information content (AvgIpc) is 1.41. The number of hydrogen-bond acceptors (Lipinski definition) is 3. The monoisotopic (exact) mass is 76.0 g/mol. The molecule has 0 unspecified atom stereocenters. The molecule has 0 aliphatic heterocycles. The fourth-order valence-electron chi connectivity index (χ4n) is 0.0304. The van der Waals surface area contributed by atoms with Crippen LogP contribution in [0.3, 0.4) is 0 Å². The highest BCUT2D eigenvalue weighted by Crippen LogP contribution is 1.49. The Balaban J connectivity index is 2.40. The molecule has 5 heavy (non-hydrogen) atoms. The summed E-state index contributed by atoms with van der Waals surface area (Å²) in [5, 5.41) is 7.34. The lowest BCUT2D eigenvalue weighted by Gasteiger charge is -1.73. The summed E-state index contributed by atoms with van der Waals surface area (Å²) < 4.78 is 0. The van der Waals surface area contributed by atoms with Gasteiger partial charge in [-0.3, -0.25) is 5.26 Å². The van der Waals surface area contributed by atoms with Crippen molar-refractivity contribution in [2.45, 2.75) is 0 Å². The van der Waals surface area contributed by atoms with Crippen molar-refractivity contribution >= 4 is 6.29 Å². The molecule has 0 rings (SSSR count). The van der Waals surface area contributed by atoms with E-state index < -0.39 is 0 Å². The first-order chi connectivity index (χ1) is 2.41. The molecule has 30 valence electrons. The molecular formula is C2H4O3. The maximum Gasteiger partial charge on any atom is 0.148 e. The molecule has 0 radical (unpaired) electrons. The van der Waals surface area contributed by atoms with Crippen LogP contribution in [0, 0.1) is 0 Å². The molecule has 0 saturated carbocycles. The second-order valence-electron chi connectivity index (χ2n) is 0.462. The molecule has 0 aromatic carbocycles. The van der Waals surface area contributed by atoms with Gasteiger partial charge in [-0.05, 0) is 0 Å². The van der Waals surface area contributed by atoms with Gasteiger partial charge in [0.25, 0.3) is 0 Å². The van der Waals surface area contributed by atoms with E-state index in [1.165, 1.54) is 0 Å². The van der Waals surface area contributed by atoms with Crippen molar-refractivity contribution in [1.82, 2.24) is 0 Å². The molecule has 0 heterocycles. The van der Waals surface area contributed by atoms with Crippen LogP contribution in [0.5, 0.6) is 0 Å². The highest BCUT2D eigenvalue weighted by atomic mass is 17.1. The Bertz CT molecular complexity index is 26.1. The van der Waals surface area contributed by atoms with Gasteiger partial charge < -0.3 is 4.79 Å². The van der Waals surface area contributed by atoms with Crippen molar-refractivity contribution in [1.29, 1.82) is 0 Å². The van der Waals surface area contributed by atoms with Crippen molar-refractivity contribution in [3.05, 3.63) is 0 Å². The zero-order chi connectivity index (χ0) is 4.12. The molecule has 0 bridgehead atoms. The predicted octanol–water partition coefficient (Wildman–Crippen LogP) is -0.325. The van der Waals surface area contributed by atoms with Crippen LogP contribution in [0.1, 0.15) is 0 Å². The molecule has 0 saturated heterocycles. The Kier molecular flexibility index (Phi) is 3.30. The van der Waals surface area contributed by atoms with Crippen molar-refractivity contribution in [3.63, 3.8) is 0 Å². The molecule has 0 aliphatic rings. The fraction of sp³-hybridized carbons (Fsp3) is 0.500. The van der Waals surface area contributed by atoms with E-state index in [1.54, 1.807) is 0 Å². The number of hydrogen-bond donors (Lipinski definition) is 1. The number of rotatable bonds is 2. The largest absolute Gasteiger partial charge is 0.301 e. The standard InChI is InChI=1S/C2H4O3/c3-1-2-5-4/h1,4H,2H2. The van der Waals surface area contributed by atoms with Crippen LogP contribution in [0.4, 0.5) is 0 Å². The Morgan fingerprint density at radius 1 is 2.00 bits per heavy atom. The molecule has 3 heteroatoms. The molecule has 3 nitrogen and oxygen atoms in total. The van der Waals surface area contributed by atoms with Crippen molar-refractivity contribution < 1.29 is 14.9 Å². The quantitative estimate of drug-likeness (QED) is 0.278. The molecule has 0 spiro atoms. The zero-order valence-electron chi connectivity index (χ0n) is 2.55. The first-order valence-corrected chi connectivity index (χ1v) is 1.12. The van der Waals surface area contributed by atoms with Gasteiger partial charge in [0.15, 0.2) is 0 Å². The SMILES string of the molecule is O=CCOO. The second kappa shape index (κ2) is 3.59. The molecular weight excluding hydrogens is 72.0 g/mol. The van der Waals surface area contributed by atoms with Crippen molar-refractivity contribution in [2.24, 2.45) is 0 Å². The van der Waals surface area contributed by atoms with Gasteiger partial charge in [0.1, 0.15) is 12.9 Å². The van der Waals surface area contributed by atoms with E-state index in [4.69, 9.17) is 10.1 Å². The number of carbonyl (C=O) groups is 1. The normalized spacial score (nSPS) is 7.40. The van der Waals surface area contributed by atoms with E-state index in [2.05, 4.69) is 4.89 Å². The van der Waals surface area contributed by atoms with Gasteiger partial charge in [-0.25, -0.2) is 4.89 Å². The zero-order valence-corrected chi connectivity index (χ0v) is 2.55. The lowest BCUT2D eigenvalue weighted by atomic mass is 10.9. The van der Waals surface area contributed by atoms with E-state index in [0.717, 1.165) is 0 Å². The summed E-state index contributed by atoms with van der Waals surface area (Å²) in [7, 11) is 0. The molecule has 0 amide bonds. The highest BCUT2D eigenvalue weighted by molar-refractivity contribution is 5.50. The Hall–Kier alpha value is -0.410. The molecule has 0 aliphatic carbocycles. The van der Waals surface area contributed by atoms with E-state index >= 15 is 0 Å². The molecule has 0 aromatic rings. The van der Waals surface area contributed by atoms with Gasteiger partial charge >= 0.3 is 0 Å². The summed E-state index contributed by atoms with van der Waals surface area (Å²) in [5.41, 5.74) is 0. The maximum absolute atomic E-state index is 9.12. The predicted molar refractivity (Wildman–Crippen MR) is 14.6 cm³/mol. The smallest absolute Gasteiger partial charge is 0.148 e. The van der Waals surface area contributed by atoms with Gasteiger partial charge in [0.2, 0.25) is 0 Å². The number of aldehydes is 1. The van der Waals surface area contributed by atoms with Crippen molar-refractivity contribution in [2.75, 3.05) is 6.61 Å². The van der Waals surface area contributed by atoms with Gasteiger partial charge in [-0.15, -0.1) is 0 Å². The highest BCUT2D eigenvalue weighted by Gasteiger charge is 1.66. The third kappa shape index (κ3) is 3.59. The third-order valence-corrected chi connectivity index (χ3v) is 0.143. The van der Waals surface area contributed by atoms with E-state index in [1.807, 2.05) is 0 Å². The molecule has 1 N–H and O–H groups in total. The molecule has 0 aromatic heterocycles. The molecule has 0 atom stereocenters. The summed E-state index contributed by atoms with van der Waals surface area (Å²) in [6, 6.07) is 0. The van der Waals surface area contributed by atoms with E-state index in [0.29, 0.717) is 6.29 Å². The Labute approximate surface area is 29.1 Å². The number of carbonyl (C=O) groups excluding carboxylic acids is 1. The minimum atomic E-state index is -0.236.